The third kappa shape index (κ3) is 8.48. The summed E-state index contributed by atoms with van der Waals surface area (Å²) in [7, 11) is 6.34. The number of hydrogen-bond donors (Lipinski definition) is 0. The third-order valence-corrected chi connectivity index (χ3v) is 8.88. The Morgan fingerprint density at radius 2 is 1.23 bits per heavy atom. The maximum atomic E-state index is 9.86. The SMILES string of the molecule is CN(C)CCN(C)c1ccc(C#N)c(CN2CCN(C(c3ccc(C(C)(C)C)cc3)c3ccc(C(C)(C)C)cc3)CC2)c1. The molecule has 0 N–H and O–H groups in total. The van der Waals surface area contributed by atoms with Gasteiger partial charge in [-0.1, -0.05) is 90.1 Å². The molecule has 0 amide bonds. The number of nitriles is 1. The second-order valence-corrected chi connectivity index (χ2v) is 14.6. The Labute approximate surface area is 261 Å². The number of nitrogens with zero attached hydrogens (tertiary/aromatic N) is 5. The van der Waals surface area contributed by atoms with E-state index in [4.69, 9.17) is 0 Å². The Morgan fingerprint density at radius 3 is 1.67 bits per heavy atom. The molecule has 0 aromatic heterocycles. The van der Waals surface area contributed by atoms with Gasteiger partial charge in [0.1, 0.15) is 0 Å². The fourth-order valence-electron chi connectivity index (χ4n) is 5.90. The van der Waals surface area contributed by atoms with Crippen molar-refractivity contribution in [3.05, 3.63) is 100 Å². The molecule has 1 fully saturated rings. The van der Waals surface area contributed by atoms with Crippen LogP contribution in [-0.4, -0.2) is 75.1 Å². The predicted octanol–water partition coefficient (Wildman–Crippen LogP) is 7.06. The molecule has 1 aliphatic rings. The van der Waals surface area contributed by atoms with Crippen LogP contribution >= 0.6 is 0 Å². The monoisotopic (exact) mass is 579 g/mol. The van der Waals surface area contributed by atoms with E-state index in [9.17, 15) is 5.26 Å². The van der Waals surface area contributed by atoms with Crippen LogP contribution < -0.4 is 4.90 Å². The zero-order chi connectivity index (χ0) is 31.4. The van der Waals surface area contributed by atoms with Crippen LogP contribution in [0.1, 0.15) is 81.0 Å². The standard InChI is InChI=1S/C38H53N5/c1-37(2,3)33-15-10-29(11-16-33)36(30-12-17-34(18-13-30)38(4,5)6)43-24-22-42(23-25-43)28-32-26-35(19-14-31(32)27-39)41(9)21-20-40(7)8/h10-19,26,36H,20-25,28H2,1-9H3. The van der Waals surface area contributed by atoms with Crippen molar-refractivity contribution in [2.75, 3.05) is 65.3 Å². The highest BCUT2D eigenvalue weighted by atomic mass is 15.3. The first kappa shape index (κ1) is 32.7. The quantitative estimate of drug-likeness (QED) is 0.271. The largest absolute Gasteiger partial charge is 0.373 e. The summed E-state index contributed by atoms with van der Waals surface area (Å²) in [6.45, 7) is 20.3. The fraction of sp³-hybridized carbons (Fsp3) is 0.500. The van der Waals surface area contributed by atoms with Crippen LogP contribution in [0.2, 0.25) is 0 Å². The van der Waals surface area contributed by atoms with Crippen LogP contribution in [-0.2, 0) is 17.4 Å². The molecule has 0 aliphatic carbocycles. The van der Waals surface area contributed by atoms with Gasteiger partial charge in [-0.15, -0.1) is 0 Å². The van der Waals surface area contributed by atoms with Gasteiger partial charge in [0.15, 0.2) is 0 Å². The number of hydrogen-bond acceptors (Lipinski definition) is 5. The van der Waals surface area contributed by atoms with E-state index in [1.165, 1.54) is 27.9 Å². The van der Waals surface area contributed by atoms with E-state index < -0.39 is 0 Å². The molecule has 4 rings (SSSR count). The second kappa shape index (κ2) is 13.6. The number of piperazine rings is 1. The van der Waals surface area contributed by atoms with Gasteiger partial charge in [-0.25, -0.2) is 0 Å². The molecule has 0 bridgehead atoms. The topological polar surface area (TPSA) is 36.8 Å². The minimum atomic E-state index is 0.134. The molecule has 3 aromatic carbocycles. The van der Waals surface area contributed by atoms with Crippen molar-refractivity contribution in [3.8, 4) is 6.07 Å². The summed E-state index contributed by atoms with van der Waals surface area (Å²) in [6, 6.07) is 27.6. The van der Waals surface area contributed by atoms with E-state index in [-0.39, 0.29) is 16.9 Å². The predicted molar refractivity (Wildman–Crippen MR) is 182 cm³/mol. The molecule has 1 heterocycles. The molecule has 1 saturated heterocycles. The van der Waals surface area contributed by atoms with Gasteiger partial charge >= 0.3 is 0 Å². The molecule has 0 spiro atoms. The number of benzene rings is 3. The van der Waals surface area contributed by atoms with Crippen LogP contribution in [0.3, 0.4) is 0 Å². The molecular formula is C38H53N5. The zero-order valence-electron chi connectivity index (χ0n) is 28.1. The lowest BCUT2D eigenvalue weighted by atomic mass is 9.84. The molecule has 0 unspecified atom stereocenters. The van der Waals surface area contributed by atoms with Crippen molar-refractivity contribution in [1.82, 2.24) is 14.7 Å². The van der Waals surface area contributed by atoms with E-state index in [0.717, 1.165) is 56.9 Å². The molecule has 0 saturated carbocycles. The molecular weight excluding hydrogens is 526 g/mol. The van der Waals surface area contributed by atoms with Crippen LogP contribution in [0.25, 0.3) is 0 Å². The van der Waals surface area contributed by atoms with E-state index in [1.54, 1.807) is 0 Å². The Bertz CT molecular complexity index is 1300. The number of anilines is 1. The molecule has 3 aromatic rings. The van der Waals surface area contributed by atoms with Gasteiger partial charge in [-0.3, -0.25) is 9.80 Å². The molecule has 0 atom stereocenters. The smallest absolute Gasteiger partial charge is 0.0995 e. The summed E-state index contributed by atoms with van der Waals surface area (Å²) in [5, 5.41) is 9.86. The summed E-state index contributed by atoms with van der Waals surface area (Å²) in [5.74, 6) is 0. The minimum absolute atomic E-state index is 0.134. The van der Waals surface area contributed by atoms with E-state index >= 15 is 0 Å². The molecule has 1 aliphatic heterocycles. The first-order valence-electron chi connectivity index (χ1n) is 15.8. The third-order valence-electron chi connectivity index (χ3n) is 8.88. The highest BCUT2D eigenvalue weighted by Gasteiger charge is 2.28. The Balaban J connectivity index is 1.53. The summed E-state index contributed by atoms with van der Waals surface area (Å²) < 4.78 is 0. The van der Waals surface area contributed by atoms with E-state index in [0.29, 0.717) is 0 Å². The van der Waals surface area contributed by atoms with Crippen LogP contribution in [0.5, 0.6) is 0 Å². The Kier molecular flexibility index (Phi) is 10.4. The Morgan fingerprint density at radius 1 is 0.721 bits per heavy atom. The van der Waals surface area contributed by atoms with Crippen molar-refractivity contribution in [2.24, 2.45) is 0 Å². The van der Waals surface area contributed by atoms with Gasteiger partial charge in [0.25, 0.3) is 0 Å². The maximum absolute atomic E-state index is 9.86. The van der Waals surface area contributed by atoms with Gasteiger partial charge in [0.2, 0.25) is 0 Å². The first-order chi connectivity index (χ1) is 20.3. The van der Waals surface area contributed by atoms with Crippen molar-refractivity contribution in [1.29, 1.82) is 5.26 Å². The van der Waals surface area contributed by atoms with Crippen LogP contribution in [0.15, 0.2) is 66.7 Å². The second-order valence-electron chi connectivity index (χ2n) is 14.6. The van der Waals surface area contributed by atoms with E-state index in [2.05, 4.69) is 149 Å². The molecule has 5 nitrogen and oxygen atoms in total. The molecule has 43 heavy (non-hydrogen) atoms. The lowest BCUT2D eigenvalue weighted by Crippen LogP contribution is -2.47. The minimum Gasteiger partial charge on any atom is -0.373 e. The van der Waals surface area contributed by atoms with Gasteiger partial charge in [0, 0.05) is 58.5 Å². The van der Waals surface area contributed by atoms with Crippen molar-refractivity contribution in [2.45, 2.75) is 65.0 Å². The van der Waals surface area contributed by atoms with Crippen molar-refractivity contribution < 1.29 is 0 Å². The van der Waals surface area contributed by atoms with E-state index in [1.807, 2.05) is 6.07 Å². The first-order valence-corrected chi connectivity index (χ1v) is 15.8. The molecule has 230 valence electrons. The highest BCUT2D eigenvalue weighted by molar-refractivity contribution is 5.53. The number of rotatable bonds is 9. The Hall–Kier alpha value is -3.17. The average Bonchev–Trinajstić information content (AvgIpc) is 2.96. The molecule has 0 radical (unpaired) electrons. The van der Waals surface area contributed by atoms with Crippen LogP contribution in [0, 0.1) is 11.3 Å². The van der Waals surface area contributed by atoms with Crippen LogP contribution in [0.4, 0.5) is 5.69 Å². The lowest BCUT2D eigenvalue weighted by Gasteiger charge is -2.40. The summed E-state index contributed by atoms with van der Waals surface area (Å²) in [5.41, 5.74) is 8.78. The van der Waals surface area contributed by atoms with Gasteiger partial charge in [0.05, 0.1) is 17.7 Å². The van der Waals surface area contributed by atoms with Gasteiger partial charge in [-0.05, 0) is 70.9 Å². The number of likely N-dealkylation sites (N-methyl/N-ethyl adjacent to an activating group) is 2. The highest BCUT2D eigenvalue weighted by Crippen LogP contribution is 2.33. The van der Waals surface area contributed by atoms with Crippen molar-refractivity contribution >= 4 is 5.69 Å². The van der Waals surface area contributed by atoms with Crippen molar-refractivity contribution in [3.63, 3.8) is 0 Å². The maximum Gasteiger partial charge on any atom is 0.0995 e. The molecule has 5 heteroatoms. The summed E-state index contributed by atoms with van der Waals surface area (Å²) in [6.07, 6.45) is 0. The normalized spacial score (nSPS) is 15.2. The fourth-order valence-corrected chi connectivity index (χ4v) is 5.90. The summed E-state index contributed by atoms with van der Waals surface area (Å²) >= 11 is 0. The average molecular weight is 580 g/mol. The van der Waals surface area contributed by atoms with Gasteiger partial charge in [-0.2, -0.15) is 5.26 Å². The lowest BCUT2D eigenvalue weighted by molar-refractivity contribution is 0.105. The summed E-state index contributed by atoms with van der Waals surface area (Å²) in [4.78, 5) is 9.64. The van der Waals surface area contributed by atoms with Gasteiger partial charge < -0.3 is 9.80 Å². The zero-order valence-corrected chi connectivity index (χ0v) is 28.1.